The first kappa shape index (κ1) is 13.3. The number of amides is 1. The van der Waals surface area contributed by atoms with Gasteiger partial charge in [0.05, 0.1) is 16.7 Å². The van der Waals surface area contributed by atoms with Gasteiger partial charge in [0.2, 0.25) is 0 Å². The van der Waals surface area contributed by atoms with E-state index >= 15 is 0 Å². The van der Waals surface area contributed by atoms with Crippen LogP contribution < -0.4 is 5.32 Å². The van der Waals surface area contributed by atoms with E-state index in [0.717, 1.165) is 18.9 Å². The Bertz CT molecular complexity index is 527. The lowest BCUT2D eigenvalue weighted by Crippen LogP contribution is -2.28. The van der Waals surface area contributed by atoms with Crippen molar-refractivity contribution in [3.8, 4) is 0 Å². The van der Waals surface area contributed by atoms with Crippen LogP contribution in [0.5, 0.6) is 0 Å². The summed E-state index contributed by atoms with van der Waals surface area (Å²) < 4.78 is 13.5. The summed E-state index contributed by atoms with van der Waals surface area (Å²) in [4.78, 5) is 24.0. The maximum absolute atomic E-state index is 13.5. The lowest BCUT2D eigenvalue weighted by atomic mass is 10.1. The molecule has 1 N–H and O–H groups in total. The number of nitro benzene ring substituents is 1. The molecule has 2 rings (SSSR count). The highest BCUT2D eigenvalue weighted by Gasteiger charge is 2.28. The Morgan fingerprint density at radius 2 is 2.05 bits per heavy atom. The van der Waals surface area contributed by atoms with Crippen molar-refractivity contribution in [3.63, 3.8) is 0 Å². The first-order valence-corrected chi connectivity index (χ1v) is 5.99. The van der Waals surface area contributed by atoms with E-state index in [1.165, 1.54) is 13.1 Å². The molecule has 19 heavy (non-hydrogen) atoms. The molecule has 0 aromatic heterocycles. The quantitative estimate of drug-likeness (QED) is 0.671. The lowest BCUT2D eigenvalue weighted by Gasteiger charge is -2.16. The number of carbonyl (C=O) groups excluding carboxylic acids is 1. The summed E-state index contributed by atoms with van der Waals surface area (Å²) in [5.41, 5.74) is -0.487. The highest BCUT2D eigenvalue weighted by Crippen LogP contribution is 2.28. The average Bonchev–Trinajstić information content (AvgIpc) is 2.91. The van der Waals surface area contributed by atoms with Crippen molar-refractivity contribution < 1.29 is 14.1 Å². The molecule has 0 unspecified atom stereocenters. The molecule has 1 aliphatic rings. The van der Waals surface area contributed by atoms with Gasteiger partial charge in [-0.3, -0.25) is 14.9 Å². The van der Waals surface area contributed by atoms with E-state index in [1.54, 1.807) is 4.90 Å². The fraction of sp³-hybridized carbons (Fsp3) is 0.417. The molecular weight excluding hydrogens is 253 g/mol. The van der Waals surface area contributed by atoms with E-state index in [4.69, 9.17) is 0 Å². The van der Waals surface area contributed by atoms with Gasteiger partial charge in [0.1, 0.15) is 5.56 Å². The van der Waals surface area contributed by atoms with E-state index in [2.05, 4.69) is 5.32 Å². The third-order valence-corrected chi connectivity index (χ3v) is 3.18. The molecule has 0 bridgehead atoms. The smallest absolute Gasteiger partial charge is 0.285 e. The Hall–Kier alpha value is -2.18. The molecule has 0 atom stereocenters. The predicted octanol–water partition coefficient (Wildman–Crippen LogP) is 2.01. The maximum atomic E-state index is 13.5. The molecule has 1 heterocycles. The third kappa shape index (κ3) is 2.49. The molecule has 1 fully saturated rings. The zero-order chi connectivity index (χ0) is 14.0. The van der Waals surface area contributed by atoms with Gasteiger partial charge in [-0.1, -0.05) is 0 Å². The van der Waals surface area contributed by atoms with Gasteiger partial charge in [0.25, 0.3) is 11.6 Å². The van der Waals surface area contributed by atoms with E-state index in [9.17, 15) is 19.3 Å². The first-order chi connectivity index (χ1) is 9.04. The highest BCUT2D eigenvalue weighted by atomic mass is 19.1. The fourth-order valence-electron chi connectivity index (χ4n) is 2.17. The Morgan fingerprint density at radius 1 is 1.42 bits per heavy atom. The second-order valence-electron chi connectivity index (χ2n) is 4.36. The molecule has 1 aromatic carbocycles. The van der Waals surface area contributed by atoms with Crippen LogP contribution in [0.1, 0.15) is 23.2 Å². The molecule has 7 heteroatoms. The van der Waals surface area contributed by atoms with Gasteiger partial charge >= 0.3 is 0 Å². The molecule has 1 aromatic rings. The van der Waals surface area contributed by atoms with Gasteiger partial charge in [-0.15, -0.1) is 0 Å². The number of nitrogens with zero attached hydrogens (tertiary/aromatic N) is 2. The van der Waals surface area contributed by atoms with Crippen molar-refractivity contribution in [2.24, 2.45) is 0 Å². The van der Waals surface area contributed by atoms with Gasteiger partial charge in [0, 0.05) is 20.1 Å². The lowest BCUT2D eigenvalue weighted by molar-refractivity contribution is -0.385. The standard InChI is InChI=1S/C12H14FN3O3/c1-14-10-6-8(11(16(18)19)7-9(10)13)12(17)15-4-2-3-5-15/h6-7,14H,2-5H2,1H3. The summed E-state index contributed by atoms with van der Waals surface area (Å²) >= 11 is 0. The normalized spacial score (nSPS) is 14.5. The van der Waals surface area contributed by atoms with E-state index in [0.29, 0.717) is 13.1 Å². The third-order valence-electron chi connectivity index (χ3n) is 3.18. The SMILES string of the molecule is CNc1cc(C(=O)N2CCCC2)c([N+](=O)[O-])cc1F. The molecule has 0 spiro atoms. The minimum atomic E-state index is -0.743. The predicted molar refractivity (Wildman–Crippen MR) is 67.7 cm³/mol. The number of carbonyl (C=O) groups is 1. The average molecular weight is 267 g/mol. The minimum absolute atomic E-state index is 0.0716. The summed E-state index contributed by atoms with van der Waals surface area (Å²) in [5.74, 6) is -1.16. The Balaban J connectivity index is 2.46. The molecule has 0 saturated carbocycles. The van der Waals surface area contributed by atoms with Crippen molar-refractivity contribution in [2.45, 2.75) is 12.8 Å². The van der Waals surface area contributed by atoms with Crippen molar-refractivity contribution in [1.29, 1.82) is 0 Å². The van der Waals surface area contributed by atoms with E-state index in [-0.39, 0.29) is 11.3 Å². The number of halogens is 1. The summed E-state index contributed by atoms with van der Waals surface area (Å²) in [6.07, 6.45) is 1.78. The van der Waals surface area contributed by atoms with Crippen LogP contribution in [0.25, 0.3) is 0 Å². The number of rotatable bonds is 3. The molecule has 6 nitrogen and oxygen atoms in total. The monoisotopic (exact) mass is 267 g/mol. The number of anilines is 1. The van der Waals surface area contributed by atoms with Crippen LogP contribution >= 0.6 is 0 Å². The molecular formula is C12H14FN3O3. The van der Waals surface area contributed by atoms with Crippen LogP contribution in [-0.4, -0.2) is 35.9 Å². The number of hydrogen-bond donors (Lipinski definition) is 1. The summed E-state index contributed by atoms with van der Waals surface area (Å²) in [6.45, 7) is 1.17. The zero-order valence-electron chi connectivity index (χ0n) is 10.5. The van der Waals surface area contributed by atoms with Crippen molar-refractivity contribution in [1.82, 2.24) is 4.90 Å². The van der Waals surface area contributed by atoms with Crippen molar-refractivity contribution >= 4 is 17.3 Å². The summed E-state index contributed by atoms with van der Waals surface area (Å²) in [6, 6.07) is 1.99. The van der Waals surface area contributed by atoms with Gasteiger partial charge in [-0.05, 0) is 18.9 Å². The number of likely N-dealkylation sites (tertiary alicyclic amines) is 1. The van der Waals surface area contributed by atoms with Crippen LogP contribution in [0.4, 0.5) is 15.8 Å². The van der Waals surface area contributed by atoms with Gasteiger partial charge < -0.3 is 10.2 Å². The number of nitrogens with one attached hydrogen (secondary N) is 1. The van der Waals surface area contributed by atoms with Gasteiger partial charge in [-0.25, -0.2) is 4.39 Å². The first-order valence-electron chi connectivity index (χ1n) is 5.99. The fourth-order valence-corrected chi connectivity index (χ4v) is 2.17. The van der Waals surface area contributed by atoms with Gasteiger partial charge in [0.15, 0.2) is 5.82 Å². The molecule has 0 aliphatic carbocycles. The molecule has 1 saturated heterocycles. The summed E-state index contributed by atoms with van der Waals surface area (Å²) in [7, 11) is 1.49. The number of hydrogen-bond acceptors (Lipinski definition) is 4. The second-order valence-corrected chi connectivity index (χ2v) is 4.36. The Kier molecular flexibility index (Phi) is 3.64. The van der Waals surface area contributed by atoms with Crippen LogP contribution in [0, 0.1) is 15.9 Å². The molecule has 1 aliphatic heterocycles. The second kappa shape index (κ2) is 5.21. The van der Waals surface area contributed by atoms with Crippen LogP contribution in [0.15, 0.2) is 12.1 Å². The van der Waals surface area contributed by atoms with Crippen LogP contribution in [0.3, 0.4) is 0 Å². The Morgan fingerprint density at radius 3 is 2.58 bits per heavy atom. The van der Waals surface area contributed by atoms with Crippen LogP contribution in [-0.2, 0) is 0 Å². The largest absolute Gasteiger partial charge is 0.386 e. The van der Waals surface area contributed by atoms with Crippen molar-refractivity contribution in [3.05, 3.63) is 33.6 Å². The van der Waals surface area contributed by atoms with E-state index in [1.807, 2.05) is 0 Å². The van der Waals surface area contributed by atoms with Crippen molar-refractivity contribution in [2.75, 3.05) is 25.5 Å². The zero-order valence-corrected chi connectivity index (χ0v) is 10.5. The molecule has 0 radical (unpaired) electrons. The van der Waals surface area contributed by atoms with Gasteiger partial charge in [-0.2, -0.15) is 0 Å². The maximum Gasteiger partial charge on any atom is 0.285 e. The topological polar surface area (TPSA) is 75.5 Å². The van der Waals surface area contributed by atoms with E-state index < -0.39 is 22.3 Å². The molecule has 1 amide bonds. The number of benzene rings is 1. The summed E-state index contributed by atoms with van der Waals surface area (Å²) in [5, 5.41) is 13.5. The van der Waals surface area contributed by atoms with Crippen LogP contribution in [0.2, 0.25) is 0 Å². The Labute approximate surface area is 109 Å². The minimum Gasteiger partial charge on any atom is -0.386 e. The number of nitro groups is 1. The highest BCUT2D eigenvalue weighted by molar-refractivity contribution is 5.99. The molecule has 102 valence electrons.